The van der Waals surface area contributed by atoms with Gasteiger partial charge in [0.15, 0.2) is 0 Å². The Kier molecular flexibility index (Phi) is 9.28. The minimum atomic E-state index is -0.272. The predicted octanol–water partition coefficient (Wildman–Crippen LogP) is 2.83. The molecule has 0 aromatic heterocycles. The summed E-state index contributed by atoms with van der Waals surface area (Å²) in [5, 5.41) is 18.6. The molecule has 0 aromatic carbocycles. The van der Waals surface area contributed by atoms with Crippen LogP contribution in [0.3, 0.4) is 0 Å². The molecule has 3 aliphatic heterocycles. The number of alkyl halides is 1. The molecule has 1 amide bonds. The van der Waals surface area contributed by atoms with Gasteiger partial charge in [-0.05, 0) is 114 Å². The predicted molar refractivity (Wildman–Crippen MR) is 140 cm³/mol. The summed E-state index contributed by atoms with van der Waals surface area (Å²) in [4.78, 5) is 13.1. The number of carbonyl (C=O) groups excluding carboxylic acids is 1. The minimum Gasteiger partial charge on any atom is -0.365 e. The zero-order chi connectivity index (χ0) is 24.2. The van der Waals surface area contributed by atoms with Gasteiger partial charge in [0.05, 0.1) is 6.10 Å². The second kappa shape index (κ2) is 12.4. The van der Waals surface area contributed by atoms with E-state index in [9.17, 15) is 4.79 Å². The van der Waals surface area contributed by atoms with E-state index in [1.54, 1.807) is 0 Å². The number of amides is 1. The Labute approximate surface area is 217 Å². The van der Waals surface area contributed by atoms with Crippen LogP contribution in [0.25, 0.3) is 0 Å². The van der Waals surface area contributed by atoms with Crippen molar-refractivity contribution in [2.75, 3.05) is 19.6 Å². The van der Waals surface area contributed by atoms with Gasteiger partial charge in [-0.25, -0.2) is 0 Å². The van der Waals surface area contributed by atoms with Crippen LogP contribution in [-0.2, 0) is 9.53 Å². The summed E-state index contributed by atoms with van der Waals surface area (Å²) in [6.45, 7) is 5.70. The van der Waals surface area contributed by atoms with Gasteiger partial charge in [-0.15, -0.1) is 11.6 Å². The third-order valence-corrected chi connectivity index (χ3v) is 10.0. The van der Waals surface area contributed by atoms with Crippen molar-refractivity contribution < 1.29 is 9.53 Å². The molecule has 3 saturated heterocycles. The number of rotatable bonds is 6. The Morgan fingerprint density at radius 2 is 1.80 bits per heavy atom. The maximum absolute atomic E-state index is 13.1. The molecule has 5 rings (SSSR count). The van der Waals surface area contributed by atoms with E-state index in [1.165, 1.54) is 19.3 Å². The highest BCUT2D eigenvalue weighted by molar-refractivity contribution is 6.20. The van der Waals surface area contributed by atoms with Gasteiger partial charge in [-0.2, -0.15) is 0 Å². The highest BCUT2D eigenvalue weighted by atomic mass is 35.5. The van der Waals surface area contributed by atoms with E-state index in [0.29, 0.717) is 29.3 Å². The summed E-state index contributed by atoms with van der Waals surface area (Å²) < 4.78 is 6.28. The quantitative estimate of drug-likeness (QED) is 0.354. The molecule has 0 aromatic rings. The zero-order valence-corrected chi connectivity index (χ0v) is 22.3. The van der Waals surface area contributed by atoms with Gasteiger partial charge in [0, 0.05) is 23.5 Å². The van der Waals surface area contributed by atoms with Crippen molar-refractivity contribution in [1.82, 2.24) is 26.6 Å². The smallest absolute Gasteiger partial charge is 0.249 e. The highest BCUT2D eigenvalue weighted by Crippen LogP contribution is 2.36. The molecular formula is C27H48ClN5O2. The van der Waals surface area contributed by atoms with Gasteiger partial charge in [0.25, 0.3) is 0 Å². The molecule has 5 aliphatic rings. The monoisotopic (exact) mass is 509 g/mol. The fraction of sp³-hybridized carbons (Fsp3) is 0.963. The van der Waals surface area contributed by atoms with Gasteiger partial charge in [0.2, 0.25) is 5.91 Å². The van der Waals surface area contributed by atoms with E-state index in [1.807, 2.05) is 0 Å². The van der Waals surface area contributed by atoms with Crippen molar-refractivity contribution in [2.24, 2.45) is 17.8 Å². The fourth-order valence-corrected chi connectivity index (χ4v) is 7.54. The Balaban J connectivity index is 1.07. The molecule has 5 N–H and O–H groups in total. The fourth-order valence-electron chi connectivity index (χ4n) is 7.29. The van der Waals surface area contributed by atoms with Crippen LogP contribution in [0.15, 0.2) is 0 Å². The largest absolute Gasteiger partial charge is 0.365 e. The van der Waals surface area contributed by atoms with E-state index in [4.69, 9.17) is 16.3 Å². The topological polar surface area (TPSA) is 86.5 Å². The van der Waals surface area contributed by atoms with Crippen molar-refractivity contribution in [3.63, 3.8) is 0 Å². The molecule has 0 bridgehead atoms. The molecule has 200 valence electrons. The molecule has 2 aliphatic carbocycles. The van der Waals surface area contributed by atoms with Crippen molar-refractivity contribution >= 4 is 17.5 Å². The Morgan fingerprint density at radius 1 is 0.943 bits per heavy atom. The number of nitrogens with one attached hydrogen (secondary N) is 5. The number of carbonyl (C=O) groups is 1. The normalized spacial score (nSPS) is 45.2. The summed E-state index contributed by atoms with van der Waals surface area (Å²) in [6.07, 6.45) is 13.4. The molecule has 3 heterocycles. The van der Waals surface area contributed by atoms with Gasteiger partial charge < -0.3 is 15.4 Å². The Morgan fingerprint density at radius 3 is 2.60 bits per heavy atom. The number of ether oxygens (including phenoxy) is 1. The van der Waals surface area contributed by atoms with Crippen molar-refractivity contribution in [3.8, 4) is 0 Å². The second-order valence-corrected chi connectivity index (χ2v) is 12.7. The molecule has 5 fully saturated rings. The summed E-state index contributed by atoms with van der Waals surface area (Å²) in [5.74, 6) is 2.02. The first kappa shape index (κ1) is 26.2. The van der Waals surface area contributed by atoms with E-state index in [-0.39, 0.29) is 30.4 Å². The van der Waals surface area contributed by atoms with Gasteiger partial charge in [-0.1, -0.05) is 6.92 Å². The van der Waals surface area contributed by atoms with Crippen molar-refractivity contribution in [1.29, 1.82) is 0 Å². The van der Waals surface area contributed by atoms with E-state index in [2.05, 4.69) is 33.5 Å². The summed E-state index contributed by atoms with van der Waals surface area (Å²) in [6, 6.07) is 1.20. The highest BCUT2D eigenvalue weighted by Gasteiger charge is 2.38. The standard InChI is InChI=1S/C27H48ClN5O2/c1-17-4-9-21(31-26(34)25-11-10-24(35-25)18-5-7-20(28)8-6-18)15-23(17)33-27-30-14-12-22(32-27)19-3-2-13-29-16-19/h17-25,27,29-30,32-33H,2-16H2,1H3,(H,31,34). The van der Waals surface area contributed by atoms with Crippen LogP contribution in [0, 0.1) is 17.8 Å². The maximum Gasteiger partial charge on any atom is 0.249 e. The van der Waals surface area contributed by atoms with Gasteiger partial charge in [0.1, 0.15) is 12.4 Å². The average molecular weight is 510 g/mol. The van der Waals surface area contributed by atoms with Crippen LogP contribution in [0.4, 0.5) is 0 Å². The molecule has 8 atom stereocenters. The van der Waals surface area contributed by atoms with Crippen LogP contribution in [0.2, 0.25) is 0 Å². The number of hydrogen-bond donors (Lipinski definition) is 5. The number of hydrogen-bond acceptors (Lipinski definition) is 6. The minimum absolute atomic E-state index is 0.107. The SMILES string of the molecule is CC1CCC(NC(=O)C2CCC(C3CCC(Cl)CC3)O2)CC1NC1NCCC(C2CCCNC2)N1. The van der Waals surface area contributed by atoms with Crippen LogP contribution in [-0.4, -0.2) is 67.5 Å². The molecule has 35 heavy (non-hydrogen) atoms. The first-order chi connectivity index (χ1) is 17.0. The lowest BCUT2D eigenvalue weighted by Gasteiger charge is -2.42. The first-order valence-electron chi connectivity index (χ1n) is 14.6. The summed E-state index contributed by atoms with van der Waals surface area (Å²) >= 11 is 6.28. The molecular weight excluding hydrogens is 462 g/mol. The molecule has 0 radical (unpaired) electrons. The van der Waals surface area contributed by atoms with Crippen LogP contribution in [0.1, 0.15) is 84.0 Å². The third-order valence-electron chi connectivity index (χ3n) is 9.58. The first-order valence-corrected chi connectivity index (χ1v) is 15.0. The van der Waals surface area contributed by atoms with E-state index < -0.39 is 0 Å². The lowest BCUT2D eigenvalue weighted by molar-refractivity contribution is -0.134. The average Bonchev–Trinajstić information content (AvgIpc) is 3.38. The van der Waals surface area contributed by atoms with Gasteiger partial charge >= 0.3 is 0 Å². The Bertz CT molecular complexity index is 684. The van der Waals surface area contributed by atoms with Crippen LogP contribution >= 0.6 is 11.6 Å². The number of piperidine rings is 1. The lowest BCUT2D eigenvalue weighted by atomic mass is 9.82. The molecule has 2 saturated carbocycles. The van der Waals surface area contributed by atoms with Crippen LogP contribution in [0.5, 0.6) is 0 Å². The van der Waals surface area contributed by atoms with Gasteiger partial charge in [-0.3, -0.25) is 20.7 Å². The van der Waals surface area contributed by atoms with E-state index >= 15 is 0 Å². The molecule has 0 spiro atoms. The zero-order valence-electron chi connectivity index (χ0n) is 21.6. The summed E-state index contributed by atoms with van der Waals surface area (Å²) in [5.41, 5.74) is 0. The van der Waals surface area contributed by atoms with Crippen molar-refractivity contribution in [2.45, 2.75) is 126 Å². The number of halogens is 1. The van der Waals surface area contributed by atoms with Crippen LogP contribution < -0.4 is 26.6 Å². The summed E-state index contributed by atoms with van der Waals surface area (Å²) in [7, 11) is 0. The third kappa shape index (κ3) is 6.91. The van der Waals surface area contributed by atoms with Crippen molar-refractivity contribution in [3.05, 3.63) is 0 Å². The lowest BCUT2D eigenvalue weighted by Crippen LogP contribution is -2.66. The second-order valence-electron chi connectivity index (χ2n) is 12.1. The molecule has 8 heteroatoms. The maximum atomic E-state index is 13.1. The molecule has 7 nitrogen and oxygen atoms in total. The van der Waals surface area contributed by atoms with E-state index in [0.717, 1.165) is 83.3 Å². The Hall–Kier alpha value is -0.440. The molecule has 8 unspecified atom stereocenters.